The van der Waals surface area contributed by atoms with E-state index in [2.05, 4.69) is 254 Å². The number of benzene rings is 8. The predicted octanol–water partition coefficient (Wildman–Crippen LogP) is 26.0. The molecule has 6 saturated carbocycles. The molecule has 2 aromatic heterocycles. The Morgan fingerprint density at radius 2 is 0.581 bits per heavy atom. The van der Waals surface area contributed by atoms with Gasteiger partial charge in [0.05, 0.1) is 22.1 Å². The Hall–Kier alpha value is -6.98. The number of rotatable bonds is 9. The molecular weight excluding hydrogens is 1270 g/mol. The summed E-state index contributed by atoms with van der Waals surface area (Å²) in [7, 11) is 0. The van der Waals surface area contributed by atoms with Gasteiger partial charge < -0.3 is 18.9 Å². The second-order valence-corrected chi connectivity index (χ2v) is 39.6. The first-order valence-electron chi connectivity index (χ1n) is 42.9. The van der Waals surface area contributed by atoms with Crippen molar-refractivity contribution in [2.45, 2.75) is 284 Å². The van der Waals surface area contributed by atoms with E-state index in [0.29, 0.717) is 35.8 Å². The molecule has 0 spiro atoms. The average molecular weight is 1390 g/mol. The van der Waals surface area contributed by atoms with Crippen LogP contribution >= 0.6 is 0 Å². The van der Waals surface area contributed by atoms with Gasteiger partial charge in [-0.05, 0) is 229 Å². The Labute approximate surface area is 632 Å². The summed E-state index contributed by atoms with van der Waals surface area (Å²) in [5, 5.41) is 5.47. The molecule has 0 amide bonds. The molecule has 8 aliphatic rings. The quantitative estimate of drug-likeness (QED) is 0.134. The smallest absolute Gasteiger partial charge is 0.252 e. The van der Waals surface area contributed by atoms with Gasteiger partial charge in [0.25, 0.3) is 6.71 Å². The van der Waals surface area contributed by atoms with E-state index in [1.54, 1.807) is 5.46 Å². The monoisotopic (exact) mass is 1390 g/mol. The van der Waals surface area contributed by atoms with Crippen LogP contribution in [0.15, 0.2) is 152 Å². The van der Waals surface area contributed by atoms with Crippen LogP contribution in [0.1, 0.15) is 272 Å². The molecular formula is C100H123BN4. The molecule has 4 atom stereocenters. The van der Waals surface area contributed by atoms with Crippen LogP contribution in [-0.4, -0.2) is 27.9 Å². The Bertz CT molecular complexity index is 4410. The topological polar surface area (TPSA) is 16.3 Å². The first kappa shape index (κ1) is 69.7. The van der Waals surface area contributed by atoms with Gasteiger partial charge in [-0.25, -0.2) is 0 Å². The van der Waals surface area contributed by atoms with Gasteiger partial charge in [-0.15, -0.1) is 0 Å². The number of anilines is 4. The molecule has 6 aliphatic carbocycles. The zero-order valence-electron chi connectivity index (χ0n) is 66.5. The lowest BCUT2D eigenvalue weighted by Gasteiger charge is -2.57. The molecule has 6 fully saturated rings. The summed E-state index contributed by atoms with van der Waals surface area (Å²) in [5.41, 5.74) is 26.9. The summed E-state index contributed by atoms with van der Waals surface area (Å²) in [4.78, 5) is 6.49. The van der Waals surface area contributed by atoms with E-state index in [4.69, 9.17) is 0 Å². The molecule has 4 heterocycles. The zero-order valence-corrected chi connectivity index (χ0v) is 66.5. The fourth-order valence-corrected chi connectivity index (χ4v) is 23.8. The highest BCUT2D eigenvalue weighted by molar-refractivity contribution is 7.00. The molecule has 105 heavy (non-hydrogen) atoms. The van der Waals surface area contributed by atoms with Crippen molar-refractivity contribution in [3.63, 3.8) is 0 Å². The SMILES string of the molecule is CC(C)(C)c1ccc2c(c1)c1cc(C(C)(C)C)ccc1n2-c1ccc2c(c1)N(C1C(C3CCCCC3)CCCC1C1CCCCC1)c1cc(-c3ccccc3)cc3c1B2c1ccc(-n2c4ccc(C(C)(C)C)cc4c4cc(C(C)(C)C)ccc42)cc1N3C1C(C2CCCCC2)CCCC1C1CCCCC1. The maximum Gasteiger partial charge on any atom is 0.252 e. The van der Waals surface area contributed by atoms with Crippen LogP contribution in [0.3, 0.4) is 0 Å². The number of aromatic nitrogens is 2. The second-order valence-electron chi connectivity index (χ2n) is 39.6. The van der Waals surface area contributed by atoms with Gasteiger partial charge in [-0.3, -0.25) is 0 Å². The van der Waals surface area contributed by atoms with Gasteiger partial charge in [0.1, 0.15) is 0 Å². The highest BCUT2D eigenvalue weighted by atomic mass is 15.2. The lowest BCUT2D eigenvalue weighted by atomic mass is 9.33. The fraction of sp³-hybridized carbons (Fsp3) is 0.520. The summed E-state index contributed by atoms with van der Waals surface area (Å²) in [6.45, 7) is 28.7. The van der Waals surface area contributed by atoms with E-state index in [0.717, 1.165) is 23.7 Å². The molecule has 2 aliphatic heterocycles. The number of hydrogen-bond acceptors (Lipinski definition) is 2. The van der Waals surface area contributed by atoms with E-state index < -0.39 is 0 Å². The van der Waals surface area contributed by atoms with Crippen molar-refractivity contribution in [3.05, 3.63) is 174 Å². The van der Waals surface area contributed by atoms with E-state index >= 15 is 0 Å². The van der Waals surface area contributed by atoms with Crippen LogP contribution in [0.2, 0.25) is 0 Å². The van der Waals surface area contributed by atoms with Crippen molar-refractivity contribution in [2.24, 2.45) is 47.3 Å². The number of nitrogens with zero attached hydrogens (tertiary/aromatic N) is 4. The fourth-order valence-electron chi connectivity index (χ4n) is 23.8. The molecule has 0 N–H and O–H groups in total. The van der Waals surface area contributed by atoms with Crippen LogP contribution in [0.5, 0.6) is 0 Å². The Morgan fingerprint density at radius 3 is 0.876 bits per heavy atom. The van der Waals surface area contributed by atoms with E-state index in [-0.39, 0.29) is 28.4 Å². The minimum absolute atomic E-state index is 0.0120. The van der Waals surface area contributed by atoms with Gasteiger partial charge in [-0.1, -0.05) is 291 Å². The number of hydrogen-bond donors (Lipinski definition) is 0. The third kappa shape index (κ3) is 12.3. The lowest BCUT2D eigenvalue weighted by molar-refractivity contribution is 0.0835. The Kier molecular flexibility index (Phi) is 17.9. The maximum atomic E-state index is 3.24. The summed E-state index contributed by atoms with van der Waals surface area (Å²) < 4.78 is 5.43. The normalized spacial score (nSPS) is 23.6. The number of fused-ring (bicyclic) bond motifs is 10. The first-order chi connectivity index (χ1) is 50.6. The van der Waals surface area contributed by atoms with Gasteiger partial charge in [0, 0.05) is 67.8 Å². The van der Waals surface area contributed by atoms with Gasteiger partial charge in [-0.2, -0.15) is 0 Å². The minimum Gasteiger partial charge on any atom is -0.339 e. The summed E-state index contributed by atoms with van der Waals surface area (Å²) in [6.07, 6.45) is 35.9. The molecule has 4 nitrogen and oxygen atoms in total. The van der Waals surface area contributed by atoms with Crippen molar-refractivity contribution in [1.82, 2.24) is 9.13 Å². The van der Waals surface area contributed by atoms with Crippen molar-refractivity contribution in [2.75, 3.05) is 9.80 Å². The van der Waals surface area contributed by atoms with Gasteiger partial charge >= 0.3 is 0 Å². The average Bonchev–Trinajstić information content (AvgIpc) is 1.14. The minimum atomic E-state index is 0.0120. The first-order valence-corrected chi connectivity index (χ1v) is 42.9. The van der Waals surface area contributed by atoms with Crippen molar-refractivity contribution >= 4 is 89.5 Å². The van der Waals surface area contributed by atoms with Crippen molar-refractivity contribution in [1.29, 1.82) is 0 Å². The van der Waals surface area contributed by atoms with E-state index in [1.165, 1.54) is 289 Å². The highest BCUT2D eigenvalue weighted by Gasteiger charge is 2.54. The molecule has 0 saturated heterocycles. The standard InChI is InChI=1S/C100H123BN4/c1-97(2,3)70-44-52-86-80(58-70)81-59-71(98(4,5)6)45-53-87(81)102(86)74-48-50-84-90(62-74)104(95-76(65-32-20-14-21-33-65)40-28-41-77(95)66-34-22-15-23-35-66)92-56-69(64-30-18-13-19-31-64)57-93-94(92)101(84)85-51-49-75(103-88-54-46-72(99(7,8)9)60-82(88)83-61-73(100(10,11)12)47-55-89(83)103)63-91(85)105(93)96-78(67-36-24-16-25-37-67)42-29-43-79(96)68-38-26-17-27-39-68/h13,18-19,30-31,44-63,65-68,76-79,95-96H,14-17,20-29,32-43H2,1-12H3. The van der Waals surface area contributed by atoms with Crippen LogP contribution in [0, 0.1) is 47.3 Å². The summed E-state index contributed by atoms with van der Waals surface area (Å²) in [6, 6.07) is 64.7. The van der Waals surface area contributed by atoms with Gasteiger partial charge in [0.15, 0.2) is 0 Å². The van der Waals surface area contributed by atoms with Crippen LogP contribution in [0.4, 0.5) is 22.7 Å². The van der Waals surface area contributed by atoms with Gasteiger partial charge in [0.2, 0.25) is 0 Å². The molecule has 0 bridgehead atoms. The maximum absolute atomic E-state index is 3.24. The highest BCUT2D eigenvalue weighted by Crippen LogP contribution is 2.57. The summed E-state index contributed by atoms with van der Waals surface area (Å²) in [5.74, 6) is 5.46. The van der Waals surface area contributed by atoms with Crippen LogP contribution in [0.25, 0.3) is 66.1 Å². The molecule has 546 valence electrons. The molecule has 0 radical (unpaired) electrons. The predicted molar refractivity (Wildman–Crippen MR) is 453 cm³/mol. The molecule has 8 aromatic carbocycles. The molecule has 5 heteroatoms. The Balaban J connectivity index is 0.958. The summed E-state index contributed by atoms with van der Waals surface area (Å²) >= 11 is 0. The Morgan fingerprint density at radius 1 is 0.276 bits per heavy atom. The van der Waals surface area contributed by atoms with E-state index in [9.17, 15) is 0 Å². The van der Waals surface area contributed by atoms with Crippen LogP contribution < -0.4 is 26.2 Å². The van der Waals surface area contributed by atoms with Crippen molar-refractivity contribution in [3.8, 4) is 22.5 Å². The third-order valence-electron chi connectivity index (χ3n) is 29.3. The molecule has 10 aromatic rings. The van der Waals surface area contributed by atoms with E-state index in [1.807, 2.05) is 0 Å². The second kappa shape index (κ2) is 27.0. The molecule has 18 rings (SSSR count). The van der Waals surface area contributed by atoms with Crippen molar-refractivity contribution < 1.29 is 0 Å². The molecule has 4 unspecified atom stereocenters. The lowest BCUT2D eigenvalue weighted by Crippen LogP contribution is -2.66. The largest absolute Gasteiger partial charge is 0.339 e. The zero-order chi connectivity index (χ0) is 72.0. The third-order valence-corrected chi connectivity index (χ3v) is 29.3. The van der Waals surface area contributed by atoms with Crippen LogP contribution in [-0.2, 0) is 21.7 Å².